The molecule has 0 saturated heterocycles. The highest BCUT2D eigenvalue weighted by Crippen LogP contribution is 2.34. The van der Waals surface area contributed by atoms with E-state index in [4.69, 9.17) is 5.11 Å². The van der Waals surface area contributed by atoms with Crippen LogP contribution in [0.3, 0.4) is 0 Å². The zero-order valence-electron chi connectivity index (χ0n) is 7.55. The van der Waals surface area contributed by atoms with E-state index in [2.05, 4.69) is 4.74 Å². The molecule has 78 valence electrons. The summed E-state index contributed by atoms with van der Waals surface area (Å²) < 4.78 is 30.5. The van der Waals surface area contributed by atoms with Gasteiger partial charge in [-0.2, -0.15) is 0 Å². The fourth-order valence-corrected chi connectivity index (χ4v) is 1.17. The van der Waals surface area contributed by atoms with Gasteiger partial charge in [0.25, 0.3) is 0 Å². The maximum Gasteiger partial charge on any atom is 0.197 e. The lowest BCUT2D eigenvalue weighted by molar-refractivity contribution is 0.291. The molecule has 0 aromatic heterocycles. The molecular weight excluding hydrogens is 194 g/mol. The van der Waals surface area contributed by atoms with Crippen molar-refractivity contribution in [2.45, 2.75) is 6.42 Å². The van der Waals surface area contributed by atoms with Crippen LogP contribution in [0.2, 0.25) is 0 Å². The SMILES string of the molecule is COc1c(F)cc(F)c(CCO)c1O. The lowest BCUT2D eigenvalue weighted by Gasteiger charge is -2.09. The molecule has 0 radical (unpaired) electrons. The van der Waals surface area contributed by atoms with E-state index in [0.717, 1.165) is 0 Å². The molecule has 0 atom stereocenters. The molecule has 1 aromatic carbocycles. The van der Waals surface area contributed by atoms with Crippen molar-refractivity contribution in [3.05, 3.63) is 23.3 Å². The molecular formula is C9H10F2O3. The standard InChI is InChI=1S/C9H10F2O3/c1-14-9-7(11)4-6(10)5(2-3-12)8(9)13/h4,12-13H,2-3H2,1H3. The first kappa shape index (κ1) is 10.7. The van der Waals surface area contributed by atoms with Gasteiger partial charge in [-0.25, -0.2) is 8.78 Å². The minimum Gasteiger partial charge on any atom is -0.504 e. The summed E-state index contributed by atoms with van der Waals surface area (Å²) in [6.45, 7) is -0.334. The van der Waals surface area contributed by atoms with Crippen LogP contribution in [0.25, 0.3) is 0 Å². The predicted molar refractivity (Wildman–Crippen MR) is 45.4 cm³/mol. The van der Waals surface area contributed by atoms with Crippen LogP contribution in [0.1, 0.15) is 5.56 Å². The van der Waals surface area contributed by atoms with Gasteiger partial charge in [-0.15, -0.1) is 0 Å². The second-order valence-electron chi connectivity index (χ2n) is 2.67. The predicted octanol–water partition coefficient (Wildman–Crippen LogP) is 1.21. The normalized spacial score (nSPS) is 10.3. The van der Waals surface area contributed by atoms with E-state index in [1.54, 1.807) is 0 Å². The number of benzene rings is 1. The molecule has 5 heteroatoms. The zero-order valence-corrected chi connectivity index (χ0v) is 7.55. The van der Waals surface area contributed by atoms with Gasteiger partial charge < -0.3 is 14.9 Å². The van der Waals surface area contributed by atoms with Crippen molar-refractivity contribution in [3.8, 4) is 11.5 Å². The van der Waals surface area contributed by atoms with E-state index >= 15 is 0 Å². The van der Waals surface area contributed by atoms with Crippen molar-refractivity contribution in [2.24, 2.45) is 0 Å². The summed E-state index contributed by atoms with van der Waals surface area (Å²) >= 11 is 0. The topological polar surface area (TPSA) is 49.7 Å². The summed E-state index contributed by atoms with van der Waals surface area (Å²) in [6, 6.07) is 0.615. The number of rotatable bonds is 3. The number of methoxy groups -OCH3 is 1. The highest BCUT2D eigenvalue weighted by Gasteiger charge is 2.17. The van der Waals surface area contributed by atoms with E-state index < -0.39 is 23.1 Å². The lowest BCUT2D eigenvalue weighted by atomic mass is 10.1. The van der Waals surface area contributed by atoms with Crippen LogP contribution in [0.4, 0.5) is 8.78 Å². The van der Waals surface area contributed by atoms with E-state index in [-0.39, 0.29) is 18.6 Å². The summed E-state index contributed by atoms with van der Waals surface area (Å²) in [6.07, 6.45) is -0.0890. The Morgan fingerprint density at radius 2 is 2.00 bits per heavy atom. The molecule has 0 amide bonds. The molecule has 0 bridgehead atoms. The van der Waals surface area contributed by atoms with Gasteiger partial charge >= 0.3 is 0 Å². The molecule has 0 unspecified atom stereocenters. The molecule has 0 saturated carbocycles. The fourth-order valence-electron chi connectivity index (χ4n) is 1.17. The zero-order chi connectivity index (χ0) is 10.7. The van der Waals surface area contributed by atoms with Gasteiger partial charge in [-0.05, 0) is 0 Å². The number of halogens is 2. The first-order valence-corrected chi connectivity index (χ1v) is 3.96. The van der Waals surface area contributed by atoms with Crippen molar-refractivity contribution in [1.29, 1.82) is 0 Å². The number of aliphatic hydroxyl groups is 1. The first-order valence-electron chi connectivity index (χ1n) is 3.96. The highest BCUT2D eigenvalue weighted by atomic mass is 19.1. The Labute approximate surface area is 79.6 Å². The van der Waals surface area contributed by atoms with Crippen LogP contribution in [-0.4, -0.2) is 23.9 Å². The summed E-state index contributed by atoms with van der Waals surface area (Å²) in [5.74, 6) is -2.87. The Morgan fingerprint density at radius 3 is 2.50 bits per heavy atom. The molecule has 0 aliphatic heterocycles. The van der Waals surface area contributed by atoms with Crippen molar-refractivity contribution >= 4 is 0 Å². The number of aliphatic hydroxyl groups excluding tert-OH is 1. The average molecular weight is 204 g/mol. The minimum atomic E-state index is -0.968. The van der Waals surface area contributed by atoms with Gasteiger partial charge in [0.05, 0.1) is 7.11 Å². The molecule has 0 aliphatic rings. The smallest absolute Gasteiger partial charge is 0.197 e. The Hall–Kier alpha value is -1.36. The van der Waals surface area contributed by atoms with E-state index in [0.29, 0.717) is 6.07 Å². The molecule has 3 nitrogen and oxygen atoms in total. The number of hydrogen-bond acceptors (Lipinski definition) is 3. The highest BCUT2D eigenvalue weighted by molar-refractivity contribution is 5.47. The maximum absolute atomic E-state index is 13.0. The van der Waals surface area contributed by atoms with E-state index in [9.17, 15) is 13.9 Å². The Kier molecular flexibility index (Phi) is 3.24. The molecule has 1 aromatic rings. The van der Waals surface area contributed by atoms with Crippen LogP contribution in [0.15, 0.2) is 6.07 Å². The summed E-state index contributed by atoms with van der Waals surface area (Å²) in [4.78, 5) is 0. The monoisotopic (exact) mass is 204 g/mol. The first-order chi connectivity index (χ1) is 6.61. The van der Waals surface area contributed by atoms with Crippen LogP contribution < -0.4 is 4.74 Å². The summed E-state index contributed by atoms with van der Waals surface area (Å²) in [5.41, 5.74) is -0.147. The molecule has 14 heavy (non-hydrogen) atoms. The van der Waals surface area contributed by atoms with Crippen LogP contribution in [0, 0.1) is 11.6 Å². The fraction of sp³-hybridized carbons (Fsp3) is 0.333. The van der Waals surface area contributed by atoms with Gasteiger partial charge in [0.1, 0.15) is 5.82 Å². The number of phenolic OH excluding ortho intramolecular Hbond substituents is 1. The molecule has 0 fully saturated rings. The molecule has 0 spiro atoms. The van der Waals surface area contributed by atoms with Crippen molar-refractivity contribution in [1.82, 2.24) is 0 Å². The van der Waals surface area contributed by atoms with Crippen molar-refractivity contribution in [2.75, 3.05) is 13.7 Å². The Balaban J connectivity index is 3.28. The number of hydrogen-bond donors (Lipinski definition) is 2. The largest absolute Gasteiger partial charge is 0.504 e. The third kappa shape index (κ3) is 1.77. The van der Waals surface area contributed by atoms with E-state index in [1.165, 1.54) is 7.11 Å². The van der Waals surface area contributed by atoms with Crippen LogP contribution >= 0.6 is 0 Å². The van der Waals surface area contributed by atoms with Gasteiger partial charge in [-0.3, -0.25) is 0 Å². The quantitative estimate of drug-likeness (QED) is 0.778. The summed E-state index contributed by atoms with van der Waals surface area (Å²) in [7, 11) is 1.17. The summed E-state index contributed by atoms with van der Waals surface area (Å²) in [5, 5.41) is 18.0. The third-order valence-electron chi connectivity index (χ3n) is 1.83. The molecule has 0 heterocycles. The van der Waals surface area contributed by atoms with Gasteiger partial charge in [0.15, 0.2) is 17.3 Å². The third-order valence-corrected chi connectivity index (χ3v) is 1.83. The van der Waals surface area contributed by atoms with Crippen LogP contribution in [-0.2, 0) is 6.42 Å². The maximum atomic E-state index is 13.0. The minimum absolute atomic E-state index is 0.0890. The Bertz CT molecular complexity index is 339. The average Bonchev–Trinajstić information content (AvgIpc) is 2.12. The van der Waals surface area contributed by atoms with E-state index in [1.807, 2.05) is 0 Å². The number of aromatic hydroxyl groups is 1. The number of ether oxygens (including phenoxy) is 1. The molecule has 1 rings (SSSR count). The van der Waals surface area contributed by atoms with Gasteiger partial charge in [-0.1, -0.05) is 0 Å². The van der Waals surface area contributed by atoms with Gasteiger partial charge in [0, 0.05) is 24.7 Å². The van der Waals surface area contributed by atoms with Crippen molar-refractivity contribution in [3.63, 3.8) is 0 Å². The lowest BCUT2D eigenvalue weighted by Crippen LogP contribution is -2.00. The molecule has 0 aliphatic carbocycles. The molecule has 2 N–H and O–H groups in total. The second kappa shape index (κ2) is 4.23. The second-order valence-corrected chi connectivity index (χ2v) is 2.67. The number of phenols is 1. The Morgan fingerprint density at radius 1 is 1.36 bits per heavy atom. The van der Waals surface area contributed by atoms with Crippen LogP contribution in [0.5, 0.6) is 11.5 Å². The van der Waals surface area contributed by atoms with Gasteiger partial charge in [0.2, 0.25) is 0 Å². The van der Waals surface area contributed by atoms with Crippen molar-refractivity contribution < 1.29 is 23.7 Å².